The summed E-state index contributed by atoms with van der Waals surface area (Å²) in [6.07, 6.45) is 0. The number of hydrogen-bond acceptors (Lipinski definition) is 6. The number of amides is 1. The minimum atomic E-state index is -0.480. The fraction of sp³-hybridized carbons (Fsp3) is 0.154. The molecule has 0 radical (unpaired) electrons. The van der Waals surface area contributed by atoms with Gasteiger partial charge in [-0.2, -0.15) is 0 Å². The Morgan fingerprint density at radius 3 is 2.75 bits per heavy atom. The number of benzene rings is 1. The molecular weight excluding hydrogens is 278 g/mol. The van der Waals surface area contributed by atoms with Crippen LogP contribution in [0.2, 0.25) is 0 Å². The summed E-state index contributed by atoms with van der Waals surface area (Å²) < 4.78 is 5.10. The normalized spacial score (nSPS) is 10.1. The smallest absolute Gasteiger partial charge is 0.308 e. The van der Waals surface area contributed by atoms with Crippen LogP contribution in [0, 0.1) is 6.92 Å². The third-order valence-corrected chi connectivity index (χ3v) is 3.14. The van der Waals surface area contributed by atoms with Crippen molar-refractivity contribution in [1.82, 2.24) is 4.98 Å². The molecule has 1 aromatic carbocycles. The molecule has 20 heavy (non-hydrogen) atoms. The number of esters is 1. The fourth-order valence-electron chi connectivity index (χ4n) is 1.64. The molecule has 0 unspecified atom stereocenters. The number of nitrogens with two attached hydrogens (primary N) is 1. The number of aromatic nitrogens is 1. The summed E-state index contributed by atoms with van der Waals surface area (Å²) in [6.45, 7) is 3.05. The van der Waals surface area contributed by atoms with Crippen LogP contribution in [0.25, 0.3) is 0 Å². The number of nitrogen functional groups attached to an aromatic ring is 1. The Labute approximate surface area is 119 Å². The van der Waals surface area contributed by atoms with E-state index in [0.717, 1.165) is 0 Å². The maximum atomic E-state index is 12.2. The largest absolute Gasteiger partial charge is 0.426 e. The first-order valence-electron chi connectivity index (χ1n) is 5.77. The zero-order valence-electron chi connectivity index (χ0n) is 11.0. The number of aryl methyl sites for hydroxylation is 1. The summed E-state index contributed by atoms with van der Waals surface area (Å²) in [5.74, 6) is -0.269. The van der Waals surface area contributed by atoms with Gasteiger partial charge in [-0.1, -0.05) is 12.1 Å². The summed E-state index contributed by atoms with van der Waals surface area (Å²) in [6, 6.07) is 5.05. The second-order valence-electron chi connectivity index (χ2n) is 4.07. The topological polar surface area (TPSA) is 94.3 Å². The summed E-state index contributed by atoms with van der Waals surface area (Å²) in [7, 11) is 0. The van der Waals surface area contributed by atoms with Gasteiger partial charge in [0.15, 0.2) is 5.13 Å². The molecule has 0 fully saturated rings. The number of ether oxygens (including phenoxy) is 1. The van der Waals surface area contributed by atoms with E-state index in [1.807, 2.05) is 0 Å². The predicted octanol–water partition coefficient (Wildman–Crippen LogP) is 2.21. The highest BCUT2D eigenvalue weighted by atomic mass is 32.1. The van der Waals surface area contributed by atoms with Gasteiger partial charge in [-0.15, -0.1) is 11.3 Å². The van der Waals surface area contributed by atoms with Gasteiger partial charge in [-0.05, 0) is 18.6 Å². The Bertz CT molecular complexity index is 667. The summed E-state index contributed by atoms with van der Waals surface area (Å²) >= 11 is 1.23. The molecule has 0 spiro atoms. The van der Waals surface area contributed by atoms with Crippen molar-refractivity contribution in [3.05, 3.63) is 34.7 Å². The molecule has 2 rings (SSSR count). The molecule has 2 aromatic rings. The molecule has 1 heterocycles. The van der Waals surface area contributed by atoms with E-state index >= 15 is 0 Å². The number of carbonyl (C=O) groups is 2. The second-order valence-corrected chi connectivity index (χ2v) is 4.96. The Hall–Kier alpha value is -2.41. The molecule has 0 aliphatic rings. The number of thiazole rings is 1. The maximum absolute atomic E-state index is 12.2. The van der Waals surface area contributed by atoms with Crippen LogP contribution in [0.5, 0.6) is 5.75 Å². The average Bonchev–Trinajstić information content (AvgIpc) is 2.76. The van der Waals surface area contributed by atoms with Crippen LogP contribution in [0.1, 0.15) is 22.8 Å². The Morgan fingerprint density at radius 2 is 2.15 bits per heavy atom. The molecule has 6 nitrogen and oxygen atoms in total. The quantitative estimate of drug-likeness (QED) is 0.668. The summed E-state index contributed by atoms with van der Waals surface area (Å²) in [4.78, 5) is 27.3. The third-order valence-electron chi connectivity index (χ3n) is 2.47. The van der Waals surface area contributed by atoms with Gasteiger partial charge in [0.2, 0.25) is 0 Å². The number of carbonyl (C=O) groups excluding carboxylic acids is 2. The van der Waals surface area contributed by atoms with Gasteiger partial charge in [-0.25, -0.2) is 4.98 Å². The highest BCUT2D eigenvalue weighted by Crippen LogP contribution is 2.25. The number of hydrogen-bond donors (Lipinski definition) is 2. The molecule has 0 aliphatic carbocycles. The Morgan fingerprint density at radius 1 is 1.40 bits per heavy atom. The molecule has 0 saturated heterocycles. The number of anilines is 2. The Balaban J connectivity index is 2.29. The van der Waals surface area contributed by atoms with Crippen LogP contribution >= 0.6 is 11.3 Å². The highest BCUT2D eigenvalue weighted by molar-refractivity contribution is 7.13. The zero-order valence-corrected chi connectivity index (χ0v) is 11.8. The van der Waals surface area contributed by atoms with Crippen LogP contribution in [0.3, 0.4) is 0 Å². The lowest BCUT2D eigenvalue weighted by molar-refractivity contribution is -0.131. The van der Waals surface area contributed by atoms with E-state index < -0.39 is 11.9 Å². The van der Waals surface area contributed by atoms with Crippen molar-refractivity contribution in [3.8, 4) is 5.75 Å². The SMILES string of the molecule is CC(=O)Oc1c(C)cccc1C(=O)Nc1csc(N)n1. The van der Waals surface area contributed by atoms with Gasteiger partial charge in [0.1, 0.15) is 11.6 Å². The van der Waals surface area contributed by atoms with Crippen LogP contribution in [-0.2, 0) is 4.79 Å². The van der Waals surface area contributed by atoms with Crippen molar-refractivity contribution in [2.45, 2.75) is 13.8 Å². The van der Waals surface area contributed by atoms with Crippen LogP contribution < -0.4 is 15.8 Å². The highest BCUT2D eigenvalue weighted by Gasteiger charge is 2.17. The molecule has 7 heteroatoms. The molecule has 104 valence electrons. The van der Waals surface area contributed by atoms with E-state index in [-0.39, 0.29) is 11.3 Å². The van der Waals surface area contributed by atoms with Gasteiger partial charge < -0.3 is 15.8 Å². The van der Waals surface area contributed by atoms with Gasteiger partial charge in [0.05, 0.1) is 5.56 Å². The Kier molecular flexibility index (Phi) is 3.99. The van der Waals surface area contributed by atoms with E-state index in [0.29, 0.717) is 16.5 Å². The lowest BCUT2D eigenvalue weighted by Crippen LogP contribution is -2.15. The first-order chi connectivity index (χ1) is 9.47. The maximum Gasteiger partial charge on any atom is 0.308 e. The molecule has 0 bridgehead atoms. The van der Waals surface area contributed by atoms with Gasteiger partial charge >= 0.3 is 5.97 Å². The lowest BCUT2D eigenvalue weighted by atomic mass is 10.1. The van der Waals surface area contributed by atoms with Gasteiger partial charge in [0.25, 0.3) is 5.91 Å². The number of nitrogens with zero attached hydrogens (tertiary/aromatic N) is 1. The van der Waals surface area contributed by atoms with Crippen molar-refractivity contribution in [3.63, 3.8) is 0 Å². The van der Waals surface area contributed by atoms with E-state index in [1.165, 1.54) is 18.3 Å². The number of rotatable bonds is 3. The summed E-state index contributed by atoms with van der Waals surface area (Å²) in [5.41, 5.74) is 6.47. The molecular formula is C13H13N3O3S. The number of nitrogens with one attached hydrogen (secondary N) is 1. The van der Waals surface area contributed by atoms with Crippen molar-refractivity contribution < 1.29 is 14.3 Å². The van der Waals surface area contributed by atoms with Crippen LogP contribution in [0.4, 0.5) is 10.9 Å². The van der Waals surface area contributed by atoms with E-state index in [4.69, 9.17) is 10.5 Å². The fourth-order valence-corrected chi connectivity index (χ4v) is 2.13. The monoisotopic (exact) mass is 291 g/mol. The van der Waals surface area contributed by atoms with E-state index in [1.54, 1.807) is 30.5 Å². The molecule has 1 amide bonds. The minimum Gasteiger partial charge on any atom is -0.426 e. The molecule has 0 atom stereocenters. The number of para-hydroxylation sites is 1. The molecule has 1 aromatic heterocycles. The van der Waals surface area contributed by atoms with Crippen LogP contribution in [0.15, 0.2) is 23.6 Å². The van der Waals surface area contributed by atoms with Gasteiger partial charge in [-0.3, -0.25) is 9.59 Å². The second kappa shape index (κ2) is 5.70. The average molecular weight is 291 g/mol. The molecule has 0 aliphatic heterocycles. The van der Waals surface area contributed by atoms with Crippen LogP contribution in [-0.4, -0.2) is 16.9 Å². The first kappa shape index (κ1) is 14.0. The third kappa shape index (κ3) is 3.12. The van der Waals surface area contributed by atoms with E-state index in [9.17, 15) is 9.59 Å². The van der Waals surface area contributed by atoms with Crippen molar-refractivity contribution in [1.29, 1.82) is 0 Å². The molecule has 0 saturated carbocycles. The standard InChI is InChI=1S/C13H13N3O3S/c1-7-4-3-5-9(11(7)19-8(2)17)12(18)15-10-6-20-13(14)16-10/h3-6H,1-2H3,(H2,14,16)(H,15,18). The first-order valence-corrected chi connectivity index (χ1v) is 6.65. The van der Waals surface area contributed by atoms with Crippen molar-refractivity contribution in [2.24, 2.45) is 0 Å². The predicted molar refractivity (Wildman–Crippen MR) is 77.0 cm³/mol. The van der Waals surface area contributed by atoms with Crippen molar-refractivity contribution >= 4 is 34.2 Å². The lowest BCUT2D eigenvalue weighted by Gasteiger charge is -2.11. The molecule has 3 N–H and O–H groups in total. The van der Waals surface area contributed by atoms with Gasteiger partial charge in [0, 0.05) is 12.3 Å². The van der Waals surface area contributed by atoms with Crippen molar-refractivity contribution in [2.75, 3.05) is 11.1 Å². The van der Waals surface area contributed by atoms with E-state index in [2.05, 4.69) is 10.3 Å². The zero-order chi connectivity index (χ0) is 14.7. The summed E-state index contributed by atoms with van der Waals surface area (Å²) in [5, 5.41) is 4.61. The minimum absolute atomic E-state index is 0.251.